The molecule has 0 radical (unpaired) electrons. The number of furan rings is 1. The lowest BCUT2D eigenvalue weighted by Crippen LogP contribution is -2.30. The molecule has 1 amide bonds. The maximum atomic E-state index is 12.6. The summed E-state index contributed by atoms with van der Waals surface area (Å²) in [6, 6.07) is 21.7. The molecule has 0 aliphatic heterocycles. The first-order valence-corrected chi connectivity index (χ1v) is 11.6. The van der Waals surface area contributed by atoms with Gasteiger partial charge in [0.05, 0.1) is 25.2 Å². The molecule has 33 heavy (non-hydrogen) atoms. The number of ether oxygens (including phenoxy) is 1. The Labute approximate surface area is 197 Å². The van der Waals surface area contributed by atoms with Gasteiger partial charge in [0.15, 0.2) is 11.0 Å². The van der Waals surface area contributed by atoms with E-state index in [0.717, 1.165) is 23.6 Å². The van der Waals surface area contributed by atoms with Crippen LogP contribution in [0.4, 0.5) is 0 Å². The monoisotopic (exact) mass is 462 g/mol. The Balaban J connectivity index is 1.52. The van der Waals surface area contributed by atoms with Crippen LogP contribution in [0.3, 0.4) is 0 Å². The Kier molecular flexibility index (Phi) is 7.47. The van der Waals surface area contributed by atoms with Crippen LogP contribution >= 0.6 is 11.8 Å². The highest BCUT2D eigenvalue weighted by Gasteiger charge is 2.21. The van der Waals surface area contributed by atoms with Gasteiger partial charge in [0.25, 0.3) is 0 Å². The molecule has 1 atom stereocenters. The van der Waals surface area contributed by atoms with Crippen LogP contribution in [0.1, 0.15) is 18.2 Å². The van der Waals surface area contributed by atoms with Crippen molar-refractivity contribution >= 4 is 17.7 Å². The molecule has 0 saturated carbocycles. The van der Waals surface area contributed by atoms with Crippen molar-refractivity contribution in [2.45, 2.75) is 36.8 Å². The third-order valence-corrected chi connectivity index (χ3v) is 6.28. The number of thioether (sulfide) groups is 1. The van der Waals surface area contributed by atoms with Crippen LogP contribution in [0, 0.1) is 0 Å². The van der Waals surface area contributed by atoms with Gasteiger partial charge < -0.3 is 19.0 Å². The minimum Gasteiger partial charge on any atom is -0.497 e. The molecule has 7 nitrogen and oxygen atoms in total. The van der Waals surface area contributed by atoms with E-state index in [1.807, 2.05) is 55.5 Å². The molecule has 0 spiro atoms. The number of amides is 1. The predicted octanol–water partition coefficient (Wildman–Crippen LogP) is 4.59. The number of nitrogens with one attached hydrogen (secondary N) is 1. The van der Waals surface area contributed by atoms with E-state index < -0.39 is 0 Å². The second-order valence-corrected chi connectivity index (χ2v) is 8.79. The Hall–Kier alpha value is -3.52. The van der Waals surface area contributed by atoms with Crippen molar-refractivity contribution in [1.29, 1.82) is 0 Å². The minimum atomic E-state index is -0.344. The molecule has 0 aliphatic rings. The van der Waals surface area contributed by atoms with Crippen molar-refractivity contribution in [3.8, 4) is 17.1 Å². The fraction of sp³-hybridized carbons (Fsp3) is 0.240. The lowest BCUT2D eigenvalue weighted by molar-refractivity contribution is -0.120. The fourth-order valence-corrected chi connectivity index (χ4v) is 4.26. The topological polar surface area (TPSA) is 82.2 Å². The van der Waals surface area contributed by atoms with Crippen LogP contribution in [0.2, 0.25) is 0 Å². The van der Waals surface area contributed by atoms with E-state index in [2.05, 4.69) is 32.2 Å². The van der Waals surface area contributed by atoms with Gasteiger partial charge in [-0.15, -0.1) is 10.2 Å². The molecule has 0 saturated heterocycles. The summed E-state index contributed by atoms with van der Waals surface area (Å²) in [5.74, 6) is 2.18. The molecule has 170 valence electrons. The Morgan fingerprint density at radius 2 is 1.88 bits per heavy atom. The Bertz CT molecular complexity index is 1160. The number of carbonyl (C=O) groups excluding carboxylic acids is 1. The summed E-state index contributed by atoms with van der Waals surface area (Å²) >= 11 is 1.40. The predicted molar refractivity (Wildman–Crippen MR) is 128 cm³/mol. The van der Waals surface area contributed by atoms with Crippen molar-refractivity contribution in [3.63, 3.8) is 0 Å². The molecule has 8 heteroatoms. The smallest absolute Gasteiger partial charge is 0.233 e. The van der Waals surface area contributed by atoms with E-state index in [1.54, 1.807) is 19.4 Å². The van der Waals surface area contributed by atoms with Crippen LogP contribution in [0.5, 0.6) is 5.75 Å². The largest absolute Gasteiger partial charge is 0.497 e. The van der Waals surface area contributed by atoms with Gasteiger partial charge >= 0.3 is 0 Å². The zero-order valence-electron chi connectivity index (χ0n) is 18.6. The highest BCUT2D eigenvalue weighted by atomic mass is 32.2. The Morgan fingerprint density at radius 1 is 1.09 bits per heavy atom. The summed E-state index contributed by atoms with van der Waals surface area (Å²) in [6.45, 7) is 2.92. The highest BCUT2D eigenvalue weighted by Crippen LogP contribution is 2.28. The molecule has 4 rings (SSSR count). The van der Waals surface area contributed by atoms with Gasteiger partial charge in [-0.2, -0.15) is 0 Å². The third kappa shape index (κ3) is 5.84. The van der Waals surface area contributed by atoms with E-state index in [1.165, 1.54) is 17.3 Å². The number of benzene rings is 2. The van der Waals surface area contributed by atoms with Crippen LogP contribution in [-0.4, -0.2) is 33.0 Å². The van der Waals surface area contributed by atoms with Crippen LogP contribution in [0.25, 0.3) is 11.4 Å². The second kappa shape index (κ2) is 10.9. The lowest BCUT2D eigenvalue weighted by Gasteiger charge is -2.14. The molecule has 2 heterocycles. The van der Waals surface area contributed by atoms with E-state index in [0.29, 0.717) is 24.0 Å². The van der Waals surface area contributed by atoms with E-state index in [9.17, 15) is 4.79 Å². The summed E-state index contributed by atoms with van der Waals surface area (Å²) in [4.78, 5) is 12.6. The maximum Gasteiger partial charge on any atom is 0.233 e. The molecule has 1 unspecified atom stereocenters. The number of nitrogens with zero attached hydrogens (tertiary/aromatic N) is 3. The minimum absolute atomic E-state index is 0.0833. The zero-order chi connectivity index (χ0) is 23.0. The number of hydrogen-bond acceptors (Lipinski definition) is 6. The number of hydrogen-bond donors (Lipinski definition) is 1. The summed E-state index contributed by atoms with van der Waals surface area (Å²) in [5, 5.41) is 12.2. The first kappa shape index (κ1) is 22.7. The summed E-state index contributed by atoms with van der Waals surface area (Å²) in [7, 11) is 1.64. The average molecular weight is 463 g/mol. The second-order valence-electron chi connectivity index (χ2n) is 7.48. The van der Waals surface area contributed by atoms with Crippen LogP contribution in [-0.2, 0) is 24.3 Å². The van der Waals surface area contributed by atoms with Crippen molar-refractivity contribution < 1.29 is 13.9 Å². The van der Waals surface area contributed by atoms with Crippen LogP contribution in [0.15, 0.2) is 82.6 Å². The Morgan fingerprint density at radius 3 is 2.58 bits per heavy atom. The van der Waals surface area contributed by atoms with Crippen molar-refractivity contribution in [3.05, 3.63) is 84.3 Å². The molecule has 0 aliphatic carbocycles. The van der Waals surface area contributed by atoms with Gasteiger partial charge in [-0.1, -0.05) is 42.1 Å². The number of aromatic nitrogens is 3. The first-order valence-electron chi connectivity index (χ1n) is 10.7. The van der Waals surface area contributed by atoms with E-state index in [-0.39, 0.29) is 11.2 Å². The van der Waals surface area contributed by atoms with Gasteiger partial charge in [-0.25, -0.2) is 0 Å². The SMILES string of the molecule is COc1ccc(-c2nnc(SC(C)C(=O)NCc3ccco3)n2CCc2ccccc2)cc1. The molecule has 4 aromatic rings. The number of carbonyl (C=O) groups is 1. The van der Waals surface area contributed by atoms with Gasteiger partial charge in [-0.05, 0) is 55.3 Å². The van der Waals surface area contributed by atoms with Gasteiger partial charge in [0.1, 0.15) is 11.5 Å². The van der Waals surface area contributed by atoms with Crippen molar-refractivity contribution in [1.82, 2.24) is 20.1 Å². The van der Waals surface area contributed by atoms with Crippen LogP contribution < -0.4 is 10.1 Å². The highest BCUT2D eigenvalue weighted by molar-refractivity contribution is 8.00. The van der Waals surface area contributed by atoms with Crippen molar-refractivity contribution in [2.75, 3.05) is 7.11 Å². The zero-order valence-corrected chi connectivity index (χ0v) is 19.4. The number of rotatable bonds is 10. The van der Waals surface area contributed by atoms with Gasteiger partial charge in [0, 0.05) is 12.1 Å². The van der Waals surface area contributed by atoms with Gasteiger partial charge in [0.2, 0.25) is 5.91 Å². The van der Waals surface area contributed by atoms with E-state index >= 15 is 0 Å². The molecule has 1 N–H and O–H groups in total. The fourth-order valence-electron chi connectivity index (χ4n) is 3.36. The summed E-state index contributed by atoms with van der Waals surface area (Å²) < 4.78 is 12.6. The molecular weight excluding hydrogens is 436 g/mol. The maximum absolute atomic E-state index is 12.6. The van der Waals surface area contributed by atoms with E-state index in [4.69, 9.17) is 9.15 Å². The molecule has 2 aromatic heterocycles. The normalized spacial score (nSPS) is 11.8. The number of methoxy groups -OCH3 is 1. The molecular formula is C25H26N4O3S. The molecule has 0 bridgehead atoms. The standard InChI is InChI=1S/C25H26N4O3S/c1-18(24(30)26-17-22-9-6-16-32-22)33-25-28-27-23(20-10-12-21(31-2)13-11-20)29(25)15-14-19-7-4-3-5-8-19/h3-13,16,18H,14-15,17H2,1-2H3,(H,26,30). The summed E-state index contributed by atoms with van der Waals surface area (Å²) in [6.07, 6.45) is 2.42. The lowest BCUT2D eigenvalue weighted by atomic mass is 10.1. The average Bonchev–Trinajstić information content (AvgIpc) is 3.52. The molecule has 0 fully saturated rings. The van der Waals surface area contributed by atoms with Gasteiger partial charge in [-0.3, -0.25) is 4.79 Å². The number of aryl methyl sites for hydroxylation is 1. The molecule has 2 aromatic carbocycles. The van der Waals surface area contributed by atoms with Crippen molar-refractivity contribution in [2.24, 2.45) is 0 Å². The first-order chi connectivity index (χ1) is 16.1. The quantitative estimate of drug-likeness (QED) is 0.347. The third-order valence-electron chi connectivity index (χ3n) is 5.20. The summed E-state index contributed by atoms with van der Waals surface area (Å²) in [5.41, 5.74) is 2.17.